The first-order chi connectivity index (χ1) is 11.3. The van der Waals surface area contributed by atoms with E-state index in [4.69, 9.17) is 8.94 Å². The van der Waals surface area contributed by atoms with Crippen molar-refractivity contribution in [1.82, 2.24) is 15.8 Å². The first kappa shape index (κ1) is 20.5. The number of aliphatic imine (C=N–C) groups is 1. The highest BCUT2D eigenvalue weighted by atomic mass is 127. The summed E-state index contributed by atoms with van der Waals surface area (Å²) in [7, 11) is 1.75. The second-order valence-corrected chi connectivity index (χ2v) is 5.41. The number of nitrogens with one attached hydrogen (secondary N) is 2. The van der Waals surface area contributed by atoms with Gasteiger partial charge in [0.25, 0.3) is 0 Å². The summed E-state index contributed by atoms with van der Waals surface area (Å²) in [6.45, 7) is 5.66. The summed E-state index contributed by atoms with van der Waals surface area (Å²) in [5.41, 5.74) is 1.03. The van der Waals surface area contributed by atoms with Crippen LogP contribution in [0.15, 0.2) is 38.4 Å². The summed E-state index contributed by atoms with van der Waals surface area (Å²) in [4.78, 5) is 4.20. The smallest absolute Gasteiger partial charge is 0.191 e. The molecule has 2 heterocycles. The molecule has 0 aromatic carbocycles. The standard InChI is InChI=1S/C17H26N4O2.HI/c1-4-13(5-2)16-11-15(23-21-16)12-20-17(18-3)19-9-8-14-7-6-10-22-14;/h6-7,10-11,13H,4-5,8-9,12H2,1-3H3,(H2,18,19,20);1H. The van der Waals surface area contributed by atoms with Crippen LogP contribution < -0.4 is 10.6 Å². The Balaban J connectivity index is 0.00000288. The van der Waals surface area contributed by atoms with E-state index in [0.717, 1.165) is 49.0 Å². The molecule has 2 rings (SSSR count). The highest BCUT2D eigenvalue weighted by molar-refractivity contribution is 14.0. The van der Waals surface area contributed by atoms with Crippen molar-refractivity contribution in [1.29, 1.82) is 0 Å². The molecule has 0 aliphatic carbocycles. The van der Waals surface area contributed by atoms with Crippen molar-refractivity contribution in [2.45, 2.75) is 45.6 Å². The quantitative estimate of drug-likeness (QED) is 0.368. The minimum absolute atomic E-state index is 0. The maximum absolute atomic E-state index is 5.40. The summed E-state index contributed by atoms with van der Waals surface area (Å²) in [5, 5.41) is 10.6. The van der Waals surface area contributed by atoms with Crippen LogP contribution in [0.25, 0.3) is 0 Å². The van der Waals surface area contributed by atoms with Crippen LogP contribution in [0.3, 0.4) is 0 Å². The summed E-state index contributed by atoms with van der Waals surface area (Å²) < 4.78 is 10.7. The molecule has 0 amide bonds. The van der Waals surface area contributed by atoms with Crippen molar-refractivity contribution >= 4 is 29.9 Å². The topological polar surface area (TPSA) is 75.6 Å². The first-order valence-corrected chi connectivity index (χ1v) is 8.19. The number of rotatable bonds is 8. The highest BCUT2D eigenvalue weighted by Gasteiger charge is 2.13. The van der Waals surface area contributed by atoms with Gasteiger partial charge < -0.3 is 19.6 Å². The van der Waals surface area contributed by atoms with E-state index < -0.39 is 0 Å². The largest absolute Gasteiger partial charge is 0.469 e. The number of furan rings is 1. The molecule has 6 nitrogen and oxygen atoms in total. The maximum Gasteiger partial charge on any atom is 0.191 e. The highest BCUT2D eigenvalue weighted by Crippen LogP contribution is 2.22. The third kappa shape index (κ3) is 6.18. The molecule has 0 atom stereocenters. The molecule has 0 aliphatic heterocycles. The molecule has 0 spiro atoms. The molecule has 0 radical (unpaired) electrons. The Labute approximate surface area is 160 Å². The third-order valence-corrected chi connectivity index (χ3v) is 3.88. The Kier molecular flexibility index (Phi) is 9.51. The number of nitrogens with zero attached hydrogens (tertiary/aromatic N) is 2. The lowest BCUT2D eigenvalue weighted by molar-refractivity contribution is 0.368. The monoisotopic (exact) mass is 446 g/mol. The lowest BCUT2D eigenvalue weighted by Crippen LogP contribution is -2.37. The van der Waals surface area contributed by atoms with E-state index >= 15 is 0 Å². The number of halogens is 1. The van der Waals surface area contributed by atoms with E-state index in [1.165, 1.54) is 0 Å². The predicted molar refractivity (Wildman–Crippen MR) is 106 cm³/mol. The van der Waals surface area contributed by atoms with Crippen molar-refractivity contribution in [3.05, 3.63) is 41.7 Å². The Morgan fingerprint density at radius 1 is 1.25 bits per heavy atom. The van der Waals surface area contributed by atoms with Gasteiger partial charge in [-0.1, -0.05) is 19.0 Å². The number of hydrogen-bond acceptors (Lipinski definition) is 4. The first-order valence-electron chi connectivity index (χ1n) is 8.19. The zero-order chi connectivity index (χ0) is 16.5. The van der Waals surface area contributed by atoms with Crippen molar-refractivity contribution < 1.29 is 8.94 Å². The summed E-state index contributed by atoms with van der Waals surface area (Å²) in [5.74, 6) is 2.98. The van der Waals surface area contributed by atoms with Gasteiger partial charge in [0.15, 0.2) is 11.7 Å². The molecule has 0 bridgehead atoms. The van der Waals surface area contributed by atoms with Gasteiger partial charge in [0.05, 0.1) is 18.5 Å². The van der Waals surface area contributed by atoms with Gasteiger partial charge in [-0.25, -0.2) is 0 Å². The molecular weight excluding hydrogens is 419 g/mol. The third-order valence-electron chi connectivity index (χ3n) is 3.88. The molecule has 0 aliphatic rings. The minimum atomic E-state index is 0. The lowest BCUT2D eigenvalue weighted by atomic mass is 9.99. The Hall–Kier alpha value is -1.51. The molecule has 134 valence electrons. The fraction of sp³-hybridized carbons (Fsp3) is 0.529. The molecule has 0 saturated carbocycles. The van der Waals surface area contributed by atoms with E-state index in [1.807, 2.05) is 18.2 Å². The maximum atomic E-state index is 5.40. The van der Waals surface area contributed by atoms with Crippen LogP contribution >= 0.6 is 24.0 Å². The Morgan fingerprint density at radius 2 is 2.04 bits per heavy atom. The molecule has 24 heavy (non-hydrogen) atoms. The Bertz CT molecular complexity index is 592. The van der Waals surface area contributed by atoms with E-state index in [2.05, 4.69) is 34.6 Å². The molecule has 0 unspecified atom stereocenters. The SMILES string of the molecule is CCC(CC)c1cc(CNC(=NC)NCCc2ccco2)on1.I. The van der Waals surface area contributed by atoms with Crippen molar-refractivity contribution in [3.63, 3.8) is 0 Å². The molecule has 2 aromatic rings. The normalized spacial score (nSPS) is 11.4. The van der Waals surface area contributed by atoms with Crippen LogP contribution in [0.2, 0.25) is 0 Å². The lowest BCUT2D eigenvalue weighted by Gasteiger charge is -2.09. The fourth-order valence-corrected chi connectivity index (χ4v) is 2.46. The van der Waals surface area contributed by atoms with Gasteiger partial charge >= 0.3 is 0 Å². The van der Waals surface area contributed by atoms with Gasteiger partial charge in [-0.3, -0.25) is 4.99 Å². The summed E-state index contributed by atoms with van der Waals surface area (Å²) in [6, 6.07) is 5.89. The van der Waals surface area contributed by atoms with Crippen LogP contribution in [0.1, 0.15) is 49.8 Å². The van der Waals surface area contributed by atoms with E-state index in [0.29, 0.717) is 12.5 Å². The van der Waals surface area contributed by atoms with Gasteiger partial charge in [0.1, 0.15) is 5.76 Å². The average Bonchev–Trinajstić information content (AvgIpc) is 3.24. The zero-order valence-electron chi connectivity index (χ0n) is 14.5. The van der Waals surface area contributed by atoms with Gasteiger partial charge in [0, 0.05) is 32.0 Å². The van der Waals surface area contributed by atoms with Crippen molar-refractivity contribution in [3.8, 4) is 0 Å². The van der Waals surface area contributed by atoms with Crippen LogP contribution in [-0.2, 0) is 13.0 Å². The second kappa shape index (κ2) is 11.1. The molecule has 7 heteroatoms. The molecule has 0 fully saturated rings. The van der Waals surface area contributed by atoms with Crippen molar-refractivity contribution in [2.24, 2.45) is 4.99 Å². The molecule has 2 aromatic heterocycles. The average molecular weight is 446 g/mol. The molecule has 2 N–H and O–H groups in total. The van der Waals surface area contributed by atoms with Gasteiger partial charge in [-0.05, 0) is 25.0 Å². The molecular formula is C17H27IN4O2. The number of hydrogen-bond donors (Lipinski definition) is 2. The minimum Gasteiger partial charge on any atom is -0.469 e. The van der Waals surface area contributed by atoms with Gasteiger partial charge in [-0.15, -0.1) is 24.0 Å². The van der Waals surface area contributed by atoms with Crippen LogP contribution in [0, 0.1) is 0 Å². The number of guanidine groups is 1. The predicted octanol–water partition coefficient (Wildman–Crippen LogP) is 3.70. The van der Waals surface area contributed by atoms with Crippen molar-refractivity contribution in [2.75, 3.05) is 13.6 Å². The Morgan fingerprint density at radius 3 is 2.67 bits per heavy atom. The van der Waals surface area contributed by atoms with Crippen LogP contribution in [0.5, 0.6) is 0 Å². The fourth-order valence-electron chi connectivity index (χ4n) is 2.46. The van der Waals surface area contributed by atoms with E-state index in [-0.39, 0.29) is 24.0 Å². The van der Waals surface area contributed by atoms with E-state index in [1.54, 1.807) is 13.3 Å². The number of aromatic nitrogens is 1. The van der Waals surface area contributed by atoms with Crippen LogP contribution in [-0.4, -0.2) is 24.7 Å². The summed E-state index contributed by atoms with van der Waals surface area (Å²) >= 11 is 0. The summed E-state index contributed by atoms with van der Waals surface area (Å²) in [6.07, 6.45) is 4.65. The zero-order valence-corrected chi connectivity index (χ0v) is 16.9. The van der Waals surface area contributed by atoms with Gasteiger partial charge in [-0.2, -0.15) is 0 Å². The molecule has 0 saturated heterocycles. The van der Waals surface area contributed by atoms with Gasteiger partial charge in [0.2, 0.25) is 0 Å². The van der Waals surface area contributed by atoms with Crippen LogP contribution in [0.4, 0.5) is 0 Å². The second-order valence-electron chi connectivity index (χ2n) is 5.41. The van der Waals surface area contributed by atoms with E-state index in [9.17, 15) is 0 Å².